The number of nitrogens with zero attached hydrogens (tertiary/aromatic N) is 2. The van der Waals surface area contributed by atoms with Gasteiger partial charge in [0.15, 0.2) is 6.23 Å². The van der Waals surface area contributed by atoms with Crippen molar-refractivity contribution in [2.75, 3.05) is 19.0 Å². The number of aliphatic hydroxyl groups is 2. The summed E-state index contributed by atoms with van der Waals surface area (Å²) in [5.74, 6) is -0.183. The third kappa shape index (κ3) is 4.22. The lowest BCUT2D eigenvalue weighted by molar-refractivity contribution is -0.115. The van der Waals surface area contributed by atoms with E-state index in [1.165, 1.54) is 19.4 Å². The van der Waals surface area contributed by atoms with Gasteiger partial charge in [-0.25, -0.2) is 4.79 Å². The third-order valence-electron chi connectivity index (χ3n) is 4.34. The largest absolute Gasteiger partial charge is 0.394 e. The number of hydrogen-bond donors (Lipinski definition) is 3. The van der Waals surface area contributed by atoms with E-state index in [0.717, 1.165) is 10.1 Å². The average molecular weight is 375 g/mol. The second-order valence-electron chi connectivity index (χ2n) is 6.15. The third-order valence-corrected chi connectivity index (χ3v) is 4.34. The summed E-state index contributed by atoms with van der Waals surface area (Å²) in [6, 6.07) is 10.7. The summed E-state index contributed by atoms with van der Waals surface area (Å²) in [5.41, 5.74) is 0.167. The fraction of sp³-hybridized carbons (Fsp3) is 0.389. The van der Waals surface area contributed by atoms with Crippen molar-refractivity contribution in [3.63, 3.8) is 0 Å². The first-order chi connectivity index (χ1) is 13.0. The number of methoxy groups -OCH3 is 1. The number of ether oxygens (including phenoxy) is 2. The van der Waals surface area contributed by atoms with E-state index in [1.807, 2.05) is 30.3 Å². The van der Waals surface area contributed by atoms with Crippen molar-refractivity contribution in [3.05, 3.63) is 58.6 Å². The van der Waals surface area contributed by atoms with Gasteiger partial charge in [-0.3, -0.25) is 9.36 Å². The zero-order chi connectivity index (χ0) is 19.4. The fourth-order valence-electron chi connectivity index (χ4n) is 2.99. The number of nitrogens with one attached hydrogen (secondary N) is 1. The number of hydrogen-bond acceptors (Lipinski definition) is 7. The molecule has 1 fully saturated rings. The number of aromatic nitrogens is 2. The van der Waals surface area contributed by atoms with E-state index in [9.17, 15) is 19.8 Å². The van der Waals surface area contributed by atoms with Crippen LogP contribution >= 0.6 is 0 Å². The van der Waals surface area contributed by atoms with Crippen LogP contribution in [0, 0.1) is 0 Å². The van der Waals surface area contributed by atoms with Gasteiger partial charge in [-0.1, -0.05) is 30.3 Å². The Morgan fingerprint density at radius 2 is 2.07 bits per heavy atom. The molecule has 0 saturated carbocycles. The maximum absolute atomic E-state index is 12.4. The van der Waals surface area contributed by atoms with E-state index in [1.54, 1.807) is 0 Å². The minimum Gasteiger partial charge on any atom is -0.394 e. The van der Waals surface area contributed by atoms with Crippen LogP contribution in [0.5, 0.6) is 0 Å². The SMILES string of the molecule is CO[C@@H]1[C@H](O)[C@@H](CO)O[C@H]1n1ccc(NC(=O)Cc2ccccc2)nc1=O. The van der Waals surface area contributed by atoms with Crippen LogP contribution in [0.2, 0.25) is 0 Å². The number of rotatable bonds is 6. The zero-order valence-corrected chi connectivity index (χ0v) is 14.7. The van der Waals surface area contributed by atoms with E-state index in [4.69, 9.17) is 9.47 Å². The molecule has 1 amide bonds. The van der Waals surface area contributed by atoms with Crippen molar-refractivity contribution < 1.29 is 24.5 Å². The van der Waals surface area contributed by atoms with Crippen LogP contribution in [-0.4, -0.2) is 57.7 Å². The van der Waals surface area contributed by atoms with E-state index < -0.39 is 36.8 Å². The molecule has 144 valence electrons. The van der Waals surface area contributed by atoms with E-state index in [2.05, 4.69) is 10.3 Å². The number of amides is 1. The van der Waals surface area contributed by atoms with Crippen LogP contribution in [0.3, 0.4) is 0 Å². The van der Waals surface area contributed by atoms with Crippen LogP contribution in [-0.2, 0) is 20.7 Å². The molecule has 0 unspecified atom stereocenters. The monoisotopic (exact) mass is 375 g/mol. The standard InChI is InChI=1S/C18H21N3O6/c1-26-16-15(24)12(10-22)27-17(16)21-8-7-13(20-18(21)25)19-14(23)9-11-5-3-2-4-6-11/h2-8,12,15-17,22,24H,9-10H2,1H3,(H,19,20,23,25)/t12-,15-,16-,17-/m1/s1. The first-order valence-corrected chi connectivity index (χ1v) is 8.43. The van der Waals surface area contributed by atoms with E-state index >= 15 is 0 Å². The Hall–Kier alpha value is -2.59. The van der Waals surface area contributed by atoms with Crippen LogP contribution in [0.4, 0.5) is 5.82 Å². The van der Waals surface area contributed by atoms with Gasteiger partial charge in [-0.05, 0) is 11.6 Å². The number of benzene rings is 1. The van der Waals surface area contributed by atoms with Gasteiger partial charge in [0.1, 0.15) is 24.1 Å². The summed E-state index contributed by atoms with van der Waals surface area (Å²) in [6.07, 6.45) is -2.15. The molecular weight excluding hydrogens is 354 g/mol. The predicted molar refractivity (Wildman–Crippen MR) is 95.1 cm³/mol. The summed E-state index contributed by atoms with van der Waals surface area (Å²) in [7, 11) is 1.38. The highest BCUT2D eigenvalue weighted by molar-refractivity contribution is 5.91. The van der Waals surface area contributed by atoms with Gasteiger partial charge in [-0.2, -0.15) is 4.98 Å². The number of anilines is 1. The van der Waals surface area contributed by atoms with Crippen molar-refractivity contribution in [1.82, 2.24) is 9.55 Å². The molecular formula is C18H21N3O6. The Labute approximate surface area is 155 Å². The molecule has 0 spiro atoms. The first kappa shape index (κ1) is 19.2. The molecule has 9 heteroatoms. The topological polar surface area (TPSA) is 123 Å². The normalized spacial score (nSPS) is 24.7. The average Bonchev–Trinajstić information content (AvgIpc) is 2.98. The first-order valence-electron chi connectivity index (χ1n) is 8.43. The predicted octanol–water partition coefficient (Wildman–Crippen LogP) is -0.310. The maximum atomic E-state index is 12.4. The van der Waals surface area contributed by atoms with E-state index in [0.29, 0.717) is 0 Å². The Morgan fingerprint density at radius 1 is 1.33 bits per heavy atom. The lowest BCUT2D eigenvalue weighted by atomic mass is 10.1. The molecule has 1 aromatic carbocycles. The zero-order valence-electron chi connectivity index (χ0n) is 14.7. The molecule has 3 N–H and O–H groups in total. The highest BCUT2D eigenvalue weighted by Gasteiger charge is 2.45. The Morgan fingerprint density at radius 3 is 2.70 bits per heavy atom. The van der Waals surface area contributed by atoms with Gasteiger partial charge in [-0.15, -0.1) is 0 Å². The van der Waals surface area contributed by atoms with Gasteiger partial charge in [0.05, 0.1) is 13.0 Å². The minimum absolute atomic E-state index is 0.114. The van der Waals surface area contributed by atoms with Gasteiger partial charge in [0, 0.05) is 13.3 Å². The van der Waals surface area contributed by atoms with Gasteiger partial charge < -0.3 is 25.0 Å². The molecule has 2 heterocycles. The van der Waals surface area contributed by atoms with Crippen LogP contribution < -0.4 is 11.0 Å². The smallest absolute Gasteiger partial charge is 0.351 e. The van der Waals surface area contributed by atoms with Crippen LogP contribution in [0.1, 0.15) is 11.8 Å². The quantitative estimate of drug-likeness (QED) is 0.633. The summed E-state index contributed by atoms with van der Waals surface area (Å²) < 4.78 is 11.9. The number of carbonyl (C=O) groups is 1. The van der Waals surface area contributed by atoms with Crippen molar-refractivity contribution >= 4 is 11.7 Å². The molecule has 1 saturated heterocycles. The van der Waals surface area contributed by atoms with Crippen LogP contribution in [0.15, 0.2) is 47.4 Å². The molecule has 1 aliphatic heterocycles. The summed E-state index contributed by atoms with van der Waals surface area (Å²) >= 11 is 0. The number of carbonyl (C=O) groups excluding carboxylic acids is 1. The second kappa shape index (κ2) is 8.40. The molecule has 0 aliphatic carbocycles. The Kier molecular flexibility index (Phi) is 5.97. The highest BCUT2D eigenvalue weighted by atomic mass is 16.6. The lowest BCUT2D eigenvalue weighted by Gasteiger charge is -2.20. The molecule has 9 nitrogen and oxygen atoms in total. The molecule has 0 bridgehead atoms. The summed E-state index contributed by atoms with van der Waals surface area (Å²) in [6.45, 7) is -0.409. The van der Waals surface area contributed by atoms with Crippen molar-refractivity contribution in [1.29, 1.82) is 0 Å². The molecule has 1 aliphatic rings. The lowest BCUT2D eigenvalue weighted by Crippen LogP contribution is -2.37. The van der Waals surface area contributed by atoms with Crippen molar-refractivity contribution in [3.8, 4) is 0 Å². The maximum Gasteiger partial charge on any atom is 0.351 e. The second-order valence-corrected chi connectivity index (χ2v) is 6.15. The van der Waals surface area contributed by atoms with Gasteiger partial charge >= 0.3 is 5.69 Å². The molecule has 0 radical (unpaired) electrons. The summed E-state index contributed by atoms with van der Waals surface area (Å²) in [5, 5.41) is 21.9. The highest BCUT2D eigenvalue weighted by Crippen LogP contribution is 2.30. The van der Waals surface area contributed by atoms with Crippen molar-refractivity contribution in [2.45, 2.75) is 31.0 Å². The molecule has 27 heavy (non-hydrogen) atoms. The molecule has 4 atom stereocenters. The summed E-state index contributed by atoms with van der Waals surface area (Å²) in [4.78, 5) is 28.3. The van der Waals surface area contributed by atoms with Crippen molar-refractivity contribution in [2.24, 2.45) is 0 Å². The fourth-order valence-corrected chi connectivity index (χ4v) is 2.99. The van der Waals surface area contributed by atoms with E-state index in [-0.39, 0.29) is 18.1 Å². The minimum atomic E-state index is -1.08. The van der Waals surface area contributed by atoms with Gasteiger partial charge in [0.2, 0.25) is 5.91 Å². The molecule has 1 aromatic heterocycles. The van der Waals surface area contributed by atoms with Crippen LogP contribution in [0.25, 0.3) is 0 Å². The number of aliphatic hydroxyl groups excluding tert-OH is 2. The Balaban J connectivity index is 1.72. The molecule has 2 aromatic rings. The van der Waals surface area contributed by atoms with Gasteiger partial charge in [0.25, 0.3) is 0 Å². The molecule has 3 rings (SSSR count). The Bertz CT molecular complexity index is 840.